The van der Waals surface area contributed by atoms with E-state index in [-0.39, 0.29) is 0 Å². The van der Waals surface area contributed by atoms with Gasteiger partial charge in [-0.25, -0.2) is 9.97 Å². The standard InChI is InChI=1S/C12H11ClN2O2/c1-16-10-4-3-8(5-11(10)17-2)9-6-14-7-15-12(9)13/h3-7H,1-2H3. The van der Waals surface area contributed by atoms with Gasteiger partial charge in [-0.1, -0.05) is 17.7 Å². The Morgan fingerprint density at radius 3 is 2.53 bits per heavy atom. The van der Waals surface area contributed by atoms with Gasteiger partial charge in [0.05, 0.1) is 14.2 Å². The molecule has 0 aliphatic carbocycles. The molecular formula is C12H11ClN2O2. The van der Waals surface area contributed by atoms with Crippen molar-refractivity contribution in [1.29, 1.82) is 0 Å². The van der Waals surface area contributed by atoms with Gasteiger partial charge in [0.15, 0.2) is 11.5 Å². The maximum atomic E-state index is 6.00. The summed E-state index contributed by atoms with van der Waals surface area (Å²) in [6.07, 6.45) is 3.07. The quantitative estimate of drug-likeness (QED) is 0.786. The average Bonchev–Trinajstić information content (AvgIpc) is 2.38. The molecule has 0 saturated carbocycles. The van der Waals surface area contributed by atoms with E-state index in [1.807, 2.05) is 18.2 Å². The van der Waals surface area contributed by atoms with E-state index in [0.717, 1.165) is 11.1 Å². The first-order valence-corrected chi connectivity index (χ1v) is 5.32. The minimum atomic E-state index is 0.409. The lowest BCUT2D eigenvalue weighted by atomic mass is 10.1. The molecule has 88 valence electrons. The van der Waals surface area contributed by atoms with E-state index >= 15 is 0 Å². The summed E-state index contributed by atoms with van der Waals surface area (Å²) in [5, 5.41) is 0.409. The lowest BCUT2D eigenvalue weighted by molar-refractivity contribution is 0.355. The number of aromatic nitrogens is 2. The topological polar surface area (TPSA) is 44.2 Å². The van der Waals surface area contributed by atoms with Crippen LogP contribution in [-0.2, 0) is 0 Å². The minimum Gasteiger partial charge on any atom is -0.493 e. The number of hydrogen-bond acceptors (Lipinski definition) is 4. The average molecular weight is 251 g/mol. The molecular weight excluding hydrogens is 240 g/mol. The summed E-state index contributed by atoms with van der Waals surface area (Å²) in [6.45, 7) is 0. The molecule has 0 saturated heterocycles. The van der Waals surface area contributed by atoms with Crippen LogP contribution in [0.1, 0.15) is 0 Å². The number of nitrogens with zero attached hydrogens (tertiary/aromatic N) is 2. The van der Waals surface area contributed by atoms with Crippen LogP contribution in [0.5, 0.6) is 11.5 Å². The van der Waals surface area contributed by atoms with Crippen LogP contribution in [0.2, 0.25) is 5.15 Å². The van der Waals surface area contributed by atoms with Crippen LogP contribution < -0.4 is 9.47 Å². The summed E-state index contributed by atoms with van der Waals surface area (Å²) in [7, 11) is 3.18. The molecule has 1 aromatic carbocycles. The van der Waals surface area contributed by atoms with Crippen LogP contribution >= 0.6 is 11.6 Å². The molecule has 0 aliphatic rings. The summed E-state index contributed by atoms with van der Waals surface area (Å²) >= 11 is 6.00. The van der Waals surface area contributed by atoms with Crippen LogP contribution in [0.3, 0.4) is 0 Å². The van der Waals surface area contributed by atoms with E-state index < -0.39 is 0 Å². The Morgan fingerprint density at radius 1 is 1.12 bits per heavy atom. The third-order valence-corrected chi connectivity index (χ3v) is 2.66. The van der Waals surface area contributed by atoms with Crippen molar-refractivity contribution in [2.24, 2.45) is 0 Å². The zero-order valence-electron chi connectivity index (χ0n) is 9.48. The fraction of sp³-hybridized carbons (Fsp3) is 0.167. The van der Waals surface area contributed by atoms with Crippen LogP contribution in [0.25, 0.3) is 11.1 Å². The molecule has 1 aromatic heterocycles. The highest BCUT2D eigenvalue weighted by Crippen LogP contribution is 2.33. The van der Waals surface area contributed by atoms with Crippen molar-refractivity contribution in [1.82, 2.24) is 9.97 Å². The largest absolute Gasteiger partial charge is 0.493 e. The Kier molecular flexibility index (Phi) is 3.44. The smallest absolute Gasteiger partial charge is 0.161 e. The zero-order chi connectivity index (χ0) is 12.3. The number of halogens is 1. The second-order valence-electron chi connectivity index (χ2n) is 3.30. The molecule has 2 aromatic rings. The summed E-state index contributed by atoms with van der Waals surface area (Å²) in [5.74, 6) is 1.31. The third kappa shape index (κ3) is 2.31. The SMILES string of the molecule is COc1ccc(-c2cncnc2Cl)cc1OC. The number of methoxy groups -OCH3 is 2. The Labute approximate surface area is 104 Å². The minimum absolute atomic E-state index is 0.409. The second kappa shape index (κ2) is 5.01. The molecule has 17 heavy (non-hydrogen) atoms. The molecule has 0 unspecified atom stereocenters. The maximum absolute atomic E-state index is 6.00. The molecule has 2 rings (SSSR count). The highest BCUT2D eigenvalue weighted by atomic mass is 35.5. The molecule has 0 atom stereocenters. The van der Waals surface area contributed by atoms with E-state index in [9.17, 15) is 0 Å². The molecule has 0 bridgehead atoms. The Morgan fingerprint density at radius 2 is 1.88 bits per heavy atom. The normalized spacial score (nSPS) is 10.1. The van der Waals surface area contributed by atoms with Gasteiger partial charge in [-0.3, -0.25) is 0 Å². The van der Waals surface area contributed by atoms with Crippen LogP contribution in [0.4, 0.5) is 0 Å². The van der Waals surface area contributed by atoms with Crippen LogP contribution in [0.15, 0.2) is 30.7 Å². The first kappa shape index (κ1) is 11.7. The van der Waals surface area contributed by atoms with Crippen LogP contribution in [0, 0.1) is 0 Å². The summed E-state index contributed by atoms with van der Waals surface area (Å²) in [5.41, 5.74) is 1.64. The van der Waals surface area contributed by atoms with E-state index in [0.29, 0.717) is 16.7 Å². The van der Waals surface area contributed by atoms with Gasteiger partial charge in [0.2, 0.25) is 0 Å². The maximum Gasteiger partial charge on any atom is 0.161 e. The van der Waals surface area contributed by atoms with Crippen molar-refractivity contribution in [3.63, 3.8) is 0 Å². The van der Waals surface area contributed by atoms with Crippen molar-refractivity contribution < 1.29 is 9.47 Å². The van der Waals surface area contributed by atoms with Crippen LogP contribution in [-0.4, -0.2) is 24.2 Å². The molecule has 0 spiro atoms. The van der Waals surface area contributed by atoms with E-state index in [1.54, 1.807) is 20.4 Å². The van der Waals surface area contributed by atoms with Gasteiger partial charge in [0.25, 0.3) is 0 Å². The monoisotopic (exact) mass is 250 g/mol. The molecule has 0 N–H and O–H groups in total. The van der Waals surface area contributed by atoms with Crippen molar-refractivity contribution in [3.05, 3.63) is 35.9 Å². The van der Waals surface area contributed by atoms with E-state index in [4.69, 9.17) is 21.1 Å². The zero-order valence-corrected chi connectivity index (χ0v) is 10.2. The van der Waals surface area contributed by atoms with Gasteiger partial charge >= 0.3 is 0 Å². The second-order valence-corrected chi connectivity index (χ2v) is 3.66. The fourth-order valence-electron chi connectivity index (χ4n) is 1.51. The molecule has 0 radical (unpaired) electrons. The highest BCUT2D eigenvalue weighted by molar-refractivity contribution is 6.32. The Balaban J connectivity index is 2.50. The van der Waals surface area contributed by atoms with Gasteiger partial charge in [-0.2, -0.15) is 0 Å². The predicted molar refractivity (Wildman–Crippen MR) is 65.6 cm³/mol. The number of ether oxygens (including phenoxy) is 2. The number of hydrogen-bond donors (Lipinski definition) is 0. The van der Waals surface area contributed by atoms with E-state index in [2.05, 4.69) is 9.97 Å². The van der Waals surface area contributed by atoms with Crippen molar-refractivity contribution >= 4 is 11.6 Å². The van der Waals surface area contributed by atoms with Crippen molar-refractivity contribution in [2.75, 3.05) is 14.2 Å². The van der Waals surface area contributed by atoms with E-state index in [1.165, 1.54) is 6.33 Å². The van der Waals surface area contributed by atoms with Gasteiger partial charge in [-0.05, 0) is 17.7 Å². The lowest BCUT2D eigenvalue weighted by Gasteiger charge is -2.09. The predicted octanol–water partition coefficient (Wildman–Crippen LogP) is 2.81. The summed E-state index contributed by atoms with van der Waals surface area (Å²) in [4.78, 5) is 7.89. The molecule has 1 heterocycles. The van der Waals surface area contributed by atoms with Gasteiger partial charge in [-0.15, -0.1) is 0 Å². The highest BCUT2D eigenvalue weighted by Gasteiger charge is 2.09. The lowest BCUT2D eigenvalue weighted by Crippen LogP contribution is -1.92. The van der Waals surface area contributed by atoms with Crippen molar-refractivity contribution in [3.8, 4) is 22.6 Å². The number of rotatable bonds is 3. The first-order valence-electron chi connectivity index (χ1n) is 4.94. The van der Waals surface area contributed by atoms with Gasteiger partial charge in [0, 0.05) is 11.8 Å². The molecule has 4 nitrogen and oxygen atoms in total. The molecule has 0 fully saturated rings. The Hall–Kier alpha value is -1.81. The third-order valence-electron chi connectivity index (χ3n) is 2.36. The van der Waals surface area contributed by atoms with Gasteiger partial charge in [0.1, 0.15) is 11.5 Å². The fourth-order valence-corrected chi connectivity index (χ4v) is 1.71. The molecule has 5 heteroatoms. The first-order chi connectivity index (χ1) is 8.26. The number of benzene rings is 1. The summed E-state index contributed by atoms with van der Waals surface area (Å²) in [6, 6.07) is 5.53. The summed E-state index contributed by atoms with van der Waals surface area (Å²) < 4.78 is 10.4. The molecule has 0 amide bonds. The Bertz CT molecular complexity index is 532. The van der Waals surface area contributed by atoms with Crippen molar-refractivity contribution in [2.45, 2.75) is 0 Å². The molecule has 0 aliphatic heterocycles. The van der Waals surface area contributed by atoms with Gasteiger partial charge < -0.3 is 9.47 Å².